The van der Waals surface area contributed by atoms with Gasteiger partial charge in [0.1, 0.15) is 5.82 Å². The van der Waals surface area contributed by atoms with Crippen molar-refractivity contribution in [2.75, 3.05) is 5.75 Å². The number of halogens is 1. The summed E-state index contributed by atoms with van der Waals surface area (Å²) in [5, 5.41) is -0.613. The molecule has 1 rings (SSSR count). The lowest BCUT2D eigenvalue weighted by Crippen LogP contribution is -2.34. The molecule has 0 aliphatic heterocycles. The Morgan fingerprint density at radius 2 is 1.76 bits per heavy atom. The van der Waals surface area contributed by atoms with Gasteiger partial charge in [0.2, 0.25) is 0 Å². The van der Waals surface area contributed by atoms with Crippen molar-refractivity contribution in [3.8, 4) is 0 Å². The number of nitrogens with two attached hydrogens (primary N) is 1. The average molecular weight is 259 g/mol. The van der Waals surface area contributed by atoms with Crippen LogP contribution in [-0.4, -0.2) is 19.4 Å². The molecule has 96 valence electrons. The van der Waals surface area contributed by atoms with E-state index in [9.17, 15) is 12.8 Å². The third kappa shape index (κ3) is 3.26. The number of benzene rings is 1. The highest BCUT2D eigenvalue weighted by Gasteiger charge is 2.29. The topological polar surface area (TPSA) is 60.2 Å². The van der Waals surface area contributed by atoms with Crippen LogP contribution in [0.5, 0.6) is 0 Å². The summed E-state index contributed by atoms with van der Waals surface area (Å²) in [6, 6.07) is 5.05. The second kappa shape index (κ2) is 5.60. The van der Waals surface area contributed by atoms with Crippen LogP contribution in [0.15, 0.2) is 24.3 Å². The molecule has 0 spiro atoms. The molecule has 0 unspecified atom stereocenters. The Bertz CT molecular complexity index is 456. The maximum atomic E-state index is 12.8. The first-order valence-corrected chi connectivity index (χ1v) is 7.36. The maximum Gasteiger partial charge on any atom is 0.154 e. The molecule has 1 aromatic rings. The van der Waals surface area contributed by atoms with Crippen LogP contribution in [0.4, 0.5) is 4.39 Å². The molecule has 0 aliphatic rings. The van der Waals surface area contributed by atoms with E-state index in [2.05, 4.69) is 0 Å². The summed E-state index contributed by atoms with van der Waals surface area (Å²) >= 11 is 0. The van der Waals surface area contributed by atoms with Crippen LogP contribution in [0, 0.1) is 5.82 Å². The first-order chi connectivity index (χ1) is 7.92. The normalized spacial score (nSPS) is 15.5. The van der Waals surface area contributed by atoms with Crippen LogP contribution >= 0.6 is 0 Å². The van der Waals surface area contributed by atoms with Crippen molar-refractivity contribution in [2.24, 2.45) is 5.73 Å². The molecule has 17 heavy (non-hydrogen) atoms. The van der Waals surface area contributed by atoms with Crippen LogP contribution in [0.1, 0.15) is 31.9 Å². The van der Waals surface area contributed by atoms with Crippen molar-refractivity contribution in [3.63, 3.8) is 0 Å². The van der Waals surface area contributed by atoms with Crippen LogP contribution in [-0.2, 0) is 9.84 Å². The summed E-state index contributed by atoms with van der Waals surface area (Å²) in [5.74, 6) is -0.284. The second-order valence-corrected chi connectivity index (χ2v) is 6.48. The minimum absolute atomic E-state index is 0.0698. The molecule has 0 saturated carbocycles. The zero-order valence-electron chi connectivity index (χ0n) is 10.1. The van der Waals surface area contributed by atoms with E-state index in [-0.39, 0.29) is 11.6 Å². The highest BCUT2D eigenvalue weighted by Crippen LogP contribution is 2.23. The van der Waals surface area contributed by atoms with E-state index in [1.807, 2.05) is 0 Å². The van der Waals surface area contributed by atoms with Gasteiger partial charge in [0.05, 0.1) is 5.25 Å². The molecule has 0 aliphatic carbocycles. The molecule has 0 saturated heterocycles. The van der Waals surface area contributed by atoms with Crippen molar-refractivity contribution >= 4 is 9.84 Å². The predicted octanol–water partition coefficient (Wildman–Crippen LogP) is 2.04. The molecule has 5 heteroatoms. The number of hydrogen-bond acceptors (Lipinski definition) is 3. The summed E-state index contributed by atoms with van der Waals surface area (Å²) in [4.78, 5) is 0. The van der Waals surface area contributed by atoms with Gasteiger partial charge in [-0.1, -0.05) is 26.0 Å². The Balaban J connectivity index is 3.02. The lowest BCUT2D eigenvalue weighted by atomic mass is 10.0. The maximum absolute atomic E-state index is 12.8. The van der Waals surface area contributed by atoms with Gasteiger partial charge in [-0.25, -0.2) is 12.8 Å². The number of sulfone groups is 1. The monoisotopic (exact) mass is 259 g/mol. The van der Waals surface area contributed by atoms with E-state index in [1.165, 1.54) is 24.3 Å². The average Bonchev–Trinajstić information content (AvgIpc) is 2.30. The lowest BCUT2D eigenvalue weighted by Gasteiger charge is -2.22. The molecule has 0 aromatic heterocycles. The van der Waals surface area contributed by atoms with Crippen molar-refractivity contribution in [2.45, 2.75) is 31.6 Å². The highest BCUT2D eigenvalue weighted by atomic mass is 32.2. The Hall–Kier alpha value is -0.940. The second-order valence-electron chi connectivity index (χ2n) is 3.98. The Kier molecular flexibility index (Phi) is 4.65. The number of rotatable bonds is 5. The van der Waals surface area contributed by atoms with Crippen LogP contribution < -0.4 is 5.73 Å². The van der Waals surface area contributed by atoms with Gasteiger partial charge in [-0.05, 0) is 24.1 Å². The largest absolute Gasteiger partial charge is 0.323 e. The molecule has 2 atom stereocenters. The Labute approximate surface area is 102 Å². The molecular formula is C12H18FNO2S. The highest BCUT2D eigenvalue weighted by molar-refractivity contribution is 7.92. The van der Waals surface area contributed by atoms with E-state index in [0.29, 0.717) is 12.0 Å². The number of hydrogen-bond donors (Lipinski definition) is 1. The SMILES string of the molecule is CC[C@@H]([C@H](N)c1ccc(F)cc1)S(=O)(=O)CC. The fourth-order valence-electron chi connectivity index (χ4n) is 1.84. The summed E-state index contributed by atoms with van der Waals surface area (Å²) < 4.78 is 36.5. The van der Waals surface area contributed by atoms with E-state index in [0.717, 1.165) is 0 Å². The van der Waals surface area contributed by atoms with Crippen LogP contribution in [0.25, 0.3) is 0 Å². The first-order valence-electron chi connectivity index (χ1n) is 5.65. The van der Waals surface area contributed by atoms with E-state index in [1.54, 1.807) is 13.8 Å². The molecule has 0 bridgehead atoms. The van der Waals surface area contributed by atoms with E-state index >= 15 is 0 Å². The van der Waals surface area contributed by atoms with Gasteiger partial charge in [0, 0.05) is 11.8 Å². The molecule has 1 aromatic carbocycles. The summed E-state index contributed by atoms with van der Waals surface area (Å²) in [7, 11) is -3.19. The zero-order chi connectivity index (χ0) is 13.1. The van der Waals surface area contributed by atoms with Gasteiger partial charge in [0.25, 0.3) is 0 Å². The van der Waals surface area contributed by atoms with Crippen molar-refractivity contribution in [1.82, 2.24) is 0 Å². The van der Waals surface area contributed by atoms with Gasteiger partial charge in [0.15, 0.2) is 9.84 Å². The summed E-state index contributed by atoms with van der Waals surface area (Å²) in [5.41, 5.74) is 6.61. The molecule has 2 N–H and O–H groups in total. The molecule has 0 fully saturated rings. The Morgan fingerprint density at radius 3 is 2.18 bits per heavy atom. The fraction of sp³-hybridized carbons (Fsp3) is 0.500. The third-order valence-corrected chi connectivity index (χ3v) is 5.28. The van der Waals surface area contributed by atoms with Gasteiger partial charge in [-0.2, -0.15) is 0 Å². The first kappa shape index (κ1) is 14.1. The molecule has 0 heterocycles. The fourth-order valence-corrected chi connectivity index (χ4v) is 3.38. The van der Waals surface area contributed by atoms with E-state index in [4.69, 9.17) is 5.73 Å². The van der Waals surface area contributed by atoms with Gasteiger partial charge in [-0.3, -0.25) is 0 Å². The van der Waals surface area contributed by atoms with Gasteiger partial charge < -0.3 is 5.73 Å². The summed E-state index contributed by atoms with van der Waals surface area (Å²) in [6.07, 6.45) is 0.453. The minimum atomic E-state index is -3.19. The lowest BCUT2D eigenvalue weighted by molar-refractivity contribution is 0.548. The molecule has 0 amide bonds. The third-order valence-electron chi connectivity index (χ3n) is 2.92. The minimum Gasteiger partial charge on any atom is -0.323 e. The van der Waals surface area contributed by atoms with Crippen LogP contribution in [0.3, 0.4) is 0 Å². The van der Waals surface area contributed by atoms with Crippen LogP contribution in [0.2, 0.25) is 0 Å². The standard InChI is InChI=1S/C12H18FNO2S/c1-3-11(17(15,16)4-2)12(14)9-5-7-10(13)8-6-9/h5-8,11-12H,3-4,14H2,1-2H3/t11-,12+/m0/s1. The predicted molar refractivity (Wildman–Crippen MR) is 66.9 cm³/mol. The zero-order valence-corrected chi connectivity index (χ0v) is 10.9. The van der Waals surface area contributed by atoms with Gasteiger partial charge in [-0.15, -0.1) is 0 Å². The van der Waals surface area contributed by atoms with E-state index < -0.39 is 21.1 Å². The van der Waals surface area contributed by atoms with Crippen molar-refractivity contribution < 1.29 is 12.8 Å². The summed E-state index contributed by atoms with van der Waals surface area (Å²) in [6.45, 7) is 3.40. The van der Waals surface area contributed by atoms with Crippen molar-refractivity contribution in [1.29, 1.82) is 0 Å². The Morgan fingerprint density at radius 1 is 1.24 bits per heavy atom. The molecule has 0 radical (unpaired) electrons. The van der Waals surface area contributed by atoms with Crippen molar-refractivity contribution in [3.05, 3.63) is 35.6 Å². The van der Waals surface area contributed by atoms with Gasteiger partial charge >= 0.3 is 0 Å². The molecule has 3 nitrogen and oxygen atoms in total. The quantitative estimate of drug-likeness (QED) is 0.880. The smallest absolute Gasteiger partial charge is 0.154 e. The molecular weight excluding hydrogens is 241 g/mol.